The molecular formula is C15H22F3N3O6. The first-order valence-electron chi connectivity index (χ1n) is 8.19. The van der Waals surface area contributed by atoms with Crippen molar-refractivity contribution in [2.45, 2.75) is 63.9 Å². The zero-order valence-electron chi connectivity index (χ0n) is 15.1. The van der Waals surface area contributed by atoms with Crippen LogP contribution in [0.4, 0.5) is 13.2 Å². The molecule has 1 aliphatic rings. The molecule has 0 radical (unpaired) electrons. The predicted molar refractivity (Wildman–Crippen MR) is 85.0 cm³/mol. The number of halogens is 3. The van der Waals surface area contributed by atoms with Gasteiger partial charge in [-0.2, -0.15) is 13.2 Å². The standard InChI is InChI=1S/C15H22F3N3O6/c1-14(2,3)27-11(22)7-19-12(23)8-4-9(6-10(5-8)21(25)26)20-13(24)15(16,17)18/h8-10H,4-7H2,1-3H3,(H,19,23)(H,20,24). The van der Waals surface area contributed by atoms with Crippen molar-refractivity contribution in [1.29, 1.82) is 0 Å². The van der Waals surface area contributed by atoms with Crippen molar-refractivity contribution in [3.63, 3.8) is 0 Å². The summed E-state index contributed by atoms with van der Waals surface area (Å²) in [5, 5.41) is 15.0. The second kappa shape index (κ2) is 8.53. The van der Waals surface area contributed by atoms with Crippen molar-refractivity contribution in [2.75, 3.05) is 6.54 Å². The lowest BCUT2D eigenvalue weighted by atomic mass is 9.82. The number of esters is 1. The molecule has 1 fully saturated rings. The van der Waals surface area contributed by atoms with Crippen LogP contribution in [0.5, 0.6) is 0 Å². The molecule has 0 bridgehead atoms. The Morgan fingerprint density at radius 3 is 2.22 bits per heavy atom. The fourth-order valence-electron chi connectivity index (χ4n) is 2.74. The molecular weight excluding hydrogens is 375 g/mol. The molecule has 9 nitrogen and oxygen atoms in total. The van der Waals surface area contributed by atoms with Gasteiger partial charge in [0.2, 0.25) is 11.9 Å². The van der Waals surface area contributed by atoms with Gasteiger partial charge in [-0.05, 0) is 27.2 Å². The van der Waals surface area contributed by atoms with Gasteiger partial charge in [0.15, 0.2) is 0 Å². The minimum absolute atomic E-state index is 0.202. The molecule has 3 atom stereocenters. The Morgan fingerprint density at radius 2 is 1.74 bits per heavy atom. The molecule has 27 heavy (non-hydrogen) atoms. The summed E-state index contributed by atoms with van der Waals surface area (Å²) in [7, 11) is 0. The van der Waals surface area contributed by atoms with Crippen LogP contribution in [0.25, 0.3) is 0 Å². The average Bonchev–Trinajstić information content (AvgIpc) is 2.49. The van der Waals surface area contributed by atoms with E-state index in [4.69, 9.17) is 4.74 Å². The monoisotopic (exact) mass is 397 g/mol. The van der Waals surface area contributed by atoms with E-state index in [2.05, 4.69) is 5.32 Å². The summed E-state index contributed by atoms with van der Waals surface area (Å²) in [4.78, 5) is 45.2. The molecule has 2 N–H and O–H groups in total. The number of rotatable bonds is 5. The minimum atomic E-state index is -5.13. The van der Waals surface area contributed by atoms with Crippen LogP contribution in [0, 0.1) is 16.0 Å². The van der Waals surface area contributed by atoms with Crippen molar-refractivity contribution < 1.29 is 37.2 Å². The highest BCUT2D eigenvalue weighted by atomic mass is 19.4. The summed E-state index contributed by atoms with van der Waals surface area (Å²) in [6, 6.07) is -2.46. The van der Waals surface area contributed by atoms with Crippen LogP contribution in [0.1, 0.15) is 40.0 Å². The molecule has 1 saturated carbocycles. The Hall–Kier alpha value is -2.40. The molecule has 0 aromatic rings. The van der Waals surface area contributed by atoms with Crippen molar-refractivity contribution in [1.82, 2.24) is 10.6 Å². The van der Waals surface area contributed by atoms with E-state index in [1.165, 1.54) is 0 Å². The molecule has 2 amide bonds. The quantitative estimate of drug-likeness (QED) is 0.404. The summed E-state index contributed by atoms with van der Waals surface area (Å²) in [6.45, 7) is 4.41. The Morgan fingerprint density at radius 1 is 1.15 bits per heavy atom. The summed E-state index contributed by atoms with van der Waals surface area (Å²) in [5.41, 5.74) is -0.768. The van der Waals surface area contributed by atoms with Gasteiger partial charge in [-0.25, -0.2) is 0 Å². The maximum absolute atomic E-state index is 12.4. The number of hydrogen-bond donors (Lipinski definition) is 2. The SMILES string of the molecule is CC(C)(C)OC(=O)CNC(=O)C1CC(NC(=O)C(F)(F)F)CC([N+](=O)[O-])C1. The van der Waals surface area contributed by atoms with Crippen molar-refractivity contribution >= 4 is 17.8 Å². The topological polar surface area (TPSA) is 128 Å². The second-order valence-corrected chi connectivity index (χ2v) is 7.32. The molecule has 0 aliphatic heterocycles. The predicted octanol–water partition coefficient (Wildman–Crippen LogP) is 0.937. The largest absolute Gasteiger partial charge is 0.471 e. The molecule has 1 aliphatic carbocycles. The fourth-order valence-corrected chi connectivity index (χ4v) is 2.74. The van der Waals surface area contributed by atoms with Crippen LogP contribution in [-0.4, -0.2) is 53.1 Å². The number of nitro groups is 1. The van der Waals surface area contributed by atoms with Crippen LogP contribution < -0.4 is 10.6 Å². The van der Waals surface area contributed by atoms with Gasteiger partial charge in [-0.1, -0.05) is 0 Å². The molecule has 0 heterocycles. The van der Waals surface area contributed by atoms with Gasteiger partial charge >= 0.3 is 18.1 Å². The van der Waals surface area contributed by atoms with Gasteiger partial charge in [0.25, 0.3) is 0 Å². The Bertz CT molecular complexity index is 603. The summed E-state index contributed by atoms with van der Waals surface area (Å²) in [6.07, 6.45) is -5.85. The van der Waals surface area contributed by atoms with Crippen LogP contribution in [0.2, 0.25) is 0 Å². The van der Waals surface area contributed by atoms with E-state index in [9.17, 15) is 37.7 Å². The molecule has 0 spiro atoms. The maximum atomic E-state index is 12.4. The zero-order chi connectivity index (χ0) is 21.0. The van der Waals surface area contributed by atoms with E-state index in [1.807, 2.05) is 0 Å². The lowest BCUT2D eigenvalue weighted by Gasteiger charge is -2.31. The number of carbonyl (C=O) groups is 3. The van der Waals surface area contributed by atoms with Gasteiger partial charge < -0.3 is 15.4 Å². The first-order chi connectivity index (χ1) is 12.2. The number of ether oxygens (including phenoxy) is 1. The zero-order valence-corrected chi connectivity index (χ0v) is 15.1. The van der Waals surface area contributed by atoms with Crippen LogP contribution in [0.15, 0.2) is 0 Å². The molecule has 0 saturated heterocycles. The van der Waals surface area contributed by atoms with E-state index in [1.54, 1.807) is 26.1 Å². The van der Waals surface area contributed by atoms with E-state index >= 15 is 0 Å². The highest BCUT2D eigenvalue weighted by molar-refractivity contribution is 5.84. The molecule has 154 valence electrons. The van der Waals surface area contributed by atoms with E-state index in [0.717, 1.165) is 0 Å². The van der Waals surface area contributed by atoms with Gasteiger partial charge in [0, 0.05) is 29.7 Å². The van der Waals surface area contributed by atoms with Crippen LogP contribution in [-0.2, 0) is 19.1 Å². The van der Waals surface area contributed by atoms with Crippen molar-refractivity contribution in [3.05, 3.63) is 10.1 Å². The van der Waals surface area contributed by atoms with Gasteiger partial charge in [0.05, 0.1) is 0 Å². The lowest BCUT2D eigenvalue weighted by molar-refractivity contribution is -0.528. The fraction of sp³-hybridized carbons (Fsp3) is 0.800. The third kappa shape index (κ3) is 7.79. The number of amides is 2. The van der Waals surface area contributed by atoms with Crippen molar-refractivity contribution in [3.8, 4) is 0 Å². The van der Waals surface area contributed by atoms with Gasteiger partial charge in [0.1, 0.15) is 12.1 Å². The summed E-state index contributed by atoms with van der Waals surface area (Å²) < 4.78 is 42.2. The Kier molecular flexibility index (Phi) is 7.15. The van der Waals surface area contributed by atoms with Crippen LogP contribution in [0.3, 0.4) is 0 Å². The maximum Gasteiger partial charge on any atom is 0.471 e. The third-order valence-corrected chi connectivity index (χ3v) is 3.77. The molecule has 0 aromatic carbocycles. The highest BCUT2D eigenvalue weighted by Crippen LogP contribution is 2.28. The molecule has 1 rings (SSSR count). The summed E-state index contributed by atoms with van der Waals surface area (Å²) in [5.74, 6) is -4.68. The second-order valence-electron chi connectivity index (χ2n) is 7.32. The molecule has 0 aromatic heterocycles. The molecule has 12 heteroatoms. The van der Waals surface area contributed by atoms with E-state index in [0.29, 0.717) is 0 Å². The van der Waals surface area contributed by atoms with Crippen molar-refractivity contribution in [2.24, 2.45) is 5.92 Å². The minimum Gasteiger partial charge on any atom is -0.459 e. The normalized spacial score (nSPS) is 23.3. The number of alkyl halides is 3. The number of nitrogens with zero attached hydrogens (tertiary/aromatic N) is 1. The first-order valence-corrected chi connectivity index (χ1v) is 8.19. The lowest BCUT2D eigenvalue weighted by Crippen LogP contribution is -2.51. The Labute approximate surface area is 153 Å². The summed E-state index contributed by atoms with van der Waals surface area (Å²) >= 11 is 0. The Balaban J connectivity index is 2.71. The smallest absolute Gasteiger partial charge is 0.459 e. The van der Waals surface area contributed by atoms with Gasteiger partial charge in [-0.3, -0.25) is 24.5 Å². The average molecular weight is 397 g/mol. The van der Waals surface area contributed by atoms with Crippen LogP contribution >= 0.6 is 0 Å². The van der Waals surface area contributed by atoms with Gasteiger partial charge in [-0.15, -0.1) is 0 Å². The first kappa shape index (κ1) is 22.6. The number of hydrogen-bond acceptors (Lipinski definition) is 6. The number of carbonyl (C=O) groups excluding carboxylic acids is 3. The van der Waals surface area contributed by atoms with E-state index < -0.39 is 59.0 Å². The van der Waals surface area contributed by atoms with E-state index in [-0.39, 0.29) is 19.3 Å². The molecule has 3 unspecified atom stereocenters. The number of nitrogens with one attached hydrogen (secondary N) is 2. The third-order valence-electron chi connectivity index (χ3n) is 3.77. The highest BCUT2D eigenvalue weighted by Gasteiger charge is 2.44.